The maximum atomic E-state index is 5.66. The van der Waals surface area contributed by atoms with Crippen LogP contribution >= 0.6 is 12.2 Å². The molecule has 4 heteroatoms. The minimum absolute atomic E-state index is 0.412. The van der Waals surface area contributed by atoms with Gasteiger partial charge in [-0.05, 0) is 62.4 Å². The van der Waals surface area contributed by atoms with E-state index in [9.17, 15) is 0 Å². The van der Waals surface area contributed by atoms with Crippen molar-refractivity contribution in [3.05, 3.63) is 42.2 Å². The van der Waals surface area contributed by atoms with E-state index >= 15 is 0 Å². The predicted molar refractivity (Wildman–Crippen MR) is 96.6 cm³/mol. The maximum absolute atomic E-state index is 5.66. The van der Waals surface area contributed by atoms with Crippen LogP contribution in [0.4, 0.5) is 0 Å². The summed E-state index contributed by atoms with van der Waals surface area (Å²) in [6, 6.07) is 4.52. The monoisotopic (exact) mass is 317 g/mol. The average molecular weight is 318 g/mol. The van der Waals surface area contributed by atoms with E-state index in [0.717, 1.165) is 31.0 Å². The van der Waals surface area contributed by atoms with Crippen molar-refractivity contribution in [3.8, 4) is 0 Å². The molecular weight excluding hydrogens is 290 g/mol. The van der Waals surface area contributed by atoms with Crippen molar-refractivity contribution in [2.45, 2.75) is 52.1 Å². The van der Waals surface area contributed by atoms with Crippen LogP contribution < -0.4 is 5.32 Å². The fourth-order valence-electron chi connectivity index (χ4n) is 2.67. The van der Waals surface area contributed by atoms with Crippen molar-refractivity contribution in [1.82, 2.24) is 15.2 Å². The van der Waals surface area contributed by atoms with Gasteiger partial charge in [-0.3, -0.25) is 4.98 Å². The molecule has 0 amide bonds. The van der Waals surface area contributed by atoms with Crippen LogP contribution in [0.3, 0.4) is 0 Å². The van der Waals surface area contributed by atoms with E-state index in [0.29, 0.717) is 12.0 Å². The van der Waals surface area contributed by atoms with E-state index in [1.165, 1.54) is 18.4 Å². The quantitative estimate of drug-likeness (QED) is 0.636. The molecule has 2 rings (SSSR count). The number of thiocarbonyl (C=S) groups is 1. The highest BCUT2D eigenvalue weighted by molar-refractivity contribution is 7.80. The number of pyridine rings is 1. The lowest BCUT2D eigenvalue weighted by Crippen LogP contribution is -2.45. The Hall–Kier alpha value is -1.42. The van der Waals surface area contributed by atoms with Gasteiger partial charge in [-0.2, -0.15) is 0 Å². The van der Waals surface area contributed by atoms with E-state index in [2.05, 4.69) is 47.3 Å². The third-order valence-corrected chi connectivity index (χ3v) is 4.60. The van der Waals surface area contributed by atoms with Crippen LogP contribution in [0.15, 0.2) is 36.7 Å². The number of aromatic nitrogens is 1. The molecule has 1 N–H and O–H groups in total. The molecule has 0 saturated carbocycles. The molecule has 0 spiro atoms. The Morgan fingerprint density at radius 2 is 2.36 bits per heavy atom. The minimum atomic E-state index is 0.412. The molecule has 2 atom stereocenters. The Kier molecular flexibility index (Phi) is 6.84. The SMILES string of the molecule is CC[C@H](C)NC(=S)N(Cc1cccnc1)C[C@@H]1CC=CCC1. The van der Waals surface area contributed by atoms with Crippen molar-refractivity contribution >= 4 is 17.3 Å². The molecule has 0 aromatic carbocycles. The second-order valence-electron chi connectivity index (χ2n) is 6.15. The summed E-state index contributed by atoms with van der Waals surface area (Å²) < 4.78 is 0. The maximum Gasteiger partial charge on any atom is 0.169 e. The Bertz CT molecular complexity index is 486. The van der Waals surface area contributed by atoms with Gasteiger partial charge in [0.2, 0.25) is 0 Å². The second kappa shape index (κ2) is 8.89. The highest BCUT2D eigenvalue weighted by Gasteiger charge is 2.18. The van der Waals surface area contributed by atoms with Crippen LogP contribution in [0.2, 0.25) is 0 Å². The van der Waals surface area contributed by atoms with E-state index in [1.54, 1.807) is 0 Å². The lowest BCUT2D eigenvalue weighted by molar-refractivity contribution is 0.309. The highest BCUT2D eigenvalue weighted by atomic mass is 32.1. The van der Waals surface area contributed by atoms with Gasteiger partial charge in [0.1, 0.15) is 0 Å². The first-order valence-electron chi connectivity index (χ1n) is 8.28. The number of nitrogens with zero attached hydrogens (tertiary/aromatic N) is 2. The highest BCUT2D eigenvalue weighted by Crippen LogP contribution is 2.20. The molecule has 0 unspecified atom stereocenters. The van der Waals surface area contributed by atoms with Gasteiger partial charge in [-0.15, -0.1) is 0 Å². The molecule has 0 saturated heterocycles. The molecule has 1 aromatic rings. The third-order valence-electron chi connectivity index (χ3n) is 4.22. The molecule has 1 heterocycles. The molecule has 1 aliphatic carbocycles. The van der Waals surface area contributed by atoms with E-state index in [-0.39, 0.29) is 0 Å². The van der Waals surface area contributed by atoms with Crippen molar-refractivity contribution < 1.29 is 0 Å². The summed E-state index contributed by atoms with van der Waals surface area (Å²) in [6.45, 7) is 6.20. The first-order chi connectivity index (χ1) is 10.7. The zero-order valence-corrected chi connectivity index (χ0v) is 14.5. The largest absolute Gasteiger partial charge is 0.360 e. The third kappa shape index (κ3) is 5.41. The number of allylic oxidation sites excluding steroid dienone is 2. The van der Waals surface area contributed by atoms with Gasteiger partial charge in [0.15, 0.2) is 5.11 Å². The van der Waals surface area contributed by atoms with Gasteiger partial charge >= 0.3 is 0 Å². The Labute approximate surface area is 139 Å². The fraction of sp³-hybridized carbons (Fsp3) is 0.556. The van der Waals surface area contributed by atoms with E-state index in [4.69, 9.17) is 12.2 Å². The predicted octanol–water partition coefficient (Wildman–Crippen LogP) is 3.91. The molecular formula is C18H27N3S. The number of nitrogens with one attached hydrogen (secondary N) is 1. The van der Waals surface area contributed by atoms with Gasteiger partial charge in [-0.25, -0.2) is 0 Å². The lowest BCUT2D eigenvalue weighted by Gasteiger charge is -2.32. The summed E-state index contributed by atoms with van der Waals surface area (Å²) in [5.74, 6) is 0.693. The summed E-state index contributed by atoms with van der Waals surface area (Å²) in [6.07, 6.45) is 13.0. The summed E-state index contributed by atoms with van der Waals surface area (Å²) in [7, 11) is 0. The molecule has 0 aliphatic heterocycles. The molecule has 22 heavy (non-hydrogen) atoms. The zero-order chi connectivity index (χ0) is 15.8. The summed E-state index contributed by atoms with van der Waals surface area (Å²) in [5.41, 5.74) is 1.21. The van der Waals surface area contributed by atoms with Gasteiger partial charge < -0.3 is 10.2 Å². The molecule has 0 bridgehead atoms. The number of rotatable bonds is 6. The summed E-state index contributed by atoms with van der Waals surface area (Å²) in [4.78, 5) is 6.53. The molecule has 1 aromatic heterocycles. The summed E-state index contributed by atoms with van der Waals surface area (Å²) in [5, 5.41) is 4.33. The normalized spacial score (nSPS) is 18.7. The van der Waals surface area contributed by atoms with Crippen molar-refractivity contribution in [2.75, 3.05) is 6.54 Å². The lowest BCUT2D eigenvalue weighted by atomic mass is 9.94. The second-order valence-corrected chi connectivity index (χ2v) is 6.54. The standard InChI is InChI=1S/C18H27N3S/c1-3-15(2)20-18(22)21(13-16-8-5-4-6-9-16)14-17-10-7-11-19-12-17/h4-5,7,10-12,15-16H,3,6,8-9,13-14H2,1-2H3,(H,20,22)/t15-,16+/m0/s1. The molecule has 120 valence electrons. The molecule has 1 aliphatic rings. The Morgan fingerprint density at radius 1 is 1.50 bits per heavy atom. The molecule has 0 fully saturated rings. The first-order valence-corrected chi connectivity index (χ1v) is 8.69. The summed E-state index contributed by atoms with van der Waals surface area (Å²) >= 11 is 5.66. The Balaban J connectivity index is 2.02. The first kappa shape index (κ1) is 16.9. The van der Waals surface area contributed by atoms with Crippen LogP contribution in [0.25, 0.3) is 0 Å². The topological polar surface area (TPSA) is 28.2 Å². The van der Waals surface area contributed by atoms with Crippen molar-refractivity contribution in [1.29, 1.82) is 0 Å². The average Bonchev–Trinajstić information content (AvgIpc) is 2.56. The van der Waals surface area contributed by atoms with Crippen molar-refractivity contribution in [2.24, 2.45) is 5.92 Å². The van der Waals surface area contributed by atoms with Gasteiger partial charge in [-0.1, -0.05) is 25.1 Å². The molecule has 0 radical (unpaired) electrons. The zero-order valence-electron chi connectivity index (χ0n) is 13.7. The van der Waals surface area contributed by atoms with E-state index < -0.39 is 0 Å². The van der Waals surface area contributed by atoms with Crippen molar-refractivity contribution in [3.63, 3.8) is 0 Å². The van der Waals surface area contributed by atoms with Crippen LogP contribution in [0, 0.1) is 5.92 Å². The van der Waals surface area contributed by atoms with E-state index in [1.807, 2.05) is 18.5 Å². The smallest absolute Gasteiger partial charge is 0.169 e. The van der Waals surface area contributed by atoms with Gasteiger partial charge in [0.25, 0.3) is 0 Å². The fourth-order valence-corrected chi connectivity index (χ4v) is 3.01. The molecule has 3 nitrogen and oxygen atoms in total. The van der Waals surface area contributed by atoms with Crippen LogP contribution in [-0.2, 0) is 6.54 Å². The van der Waals surface area contributed by atoms with Gasteiger partial charge in [0.05, 0.1) is 0 Å². The van der Waals surface area contributed by atoms with Crippen LogP contribution in [-0.4, -0.2) is 27.6 Å². The minimum Gasteiger partial charge on any atom is -0.360 e. The van der Waals surface area contributed by atoms with Gasteiger partial charge in [0, 0.05) is 31.5 Å². The number of hydrogen-bond acceptors (Lipinski definition) is 2. The Morgan fingerprint density at radius 3 is 3.00 bits per heavy atom. The number of hydrogen-bond donors (Lipinski definition) is 1. The van der Waals surface area contributed by atoms with Crippen LogP contribution in [0.5, 0.6) is 0 Å². The van der Waals surface area contributed by atoms with Crippen LogP contribution in [0.1, 0.15) is 45.1 Å².